The fourth-order valence-corrected chi connectivity index (χ4v) is 3.56. The van der Waals surface area contributed by atoms with Crippen molar-refractivity contribution in [2.24, 2.45) is 0 Å². The summed E-state index contributed by atoms with van der Waals surface area (Å²) in [6, 6.07) is 6.02. The van der Waals surface area contributed by atoms with Gasteiger partial charge in [-0.2, -0.15) is 0 Å². The zero-order chi connectivity index (χ0) is 10.7. The van der Waals surface area contributed by atoms with Gasteiger partial charge in [-0.15, -0.1) is 22.9 Å². The van der Waals surface area contributed by atoms with Crippen LogP contribution in [0.2, 0.25) is 0 Å². The maximum atomic E-state index is 6.35. The average Bonchev–Trinajstić information content (AvgIpc) is 2.66. The lowest BCUT2D eigenvalue weighted by atomic mass is 10.1. The summed E-state index contributed by atoms with van der Waals surface area (Å²) < 4.78 is 1.10. The second kappa shape index (κ2) is 5.10. The molecular weight excluding hydrogens is 294 g/mol. The molecule has 0 aliphatic carbocycles. The van der Waals surface area contributed by atoms with E-state index in [0.29, 0.717) is 0 Å². The van der Waals surface area contributed by atoms with Crippen LogP contribution in [0, 0.1) is 0 Å². The Bertz CT molecular complexity index is 429. The van der Waals surface area contributed by atoms with Crippen LogP contribution in [0.3, 0.4) is 0 Å². The molecule has 0 saturated heterocycles. The summed E-state index contributed by atoms with van der Waals surface area (Å²) in [5.74, 6) is 0. The molecule has 0 aromatic carbocycles. The molecule has 1 atom stereocenters. The first-order valence-corrected chi connectivity index (χ1v) is 6.64. The van der Waals surface area contributed by atoms with Crippen LogP contribution in [-0.4, -0.2) is 4.98 Å². The molecule has 4 heteroatoms. The number of halogens is 2. The number of aromatic nitrogens is 1. The fourth-order valence-electron chi connectivity index (χ4n) is 1.35. The number of pyridine rings is 1. The maximum absolute atomic E-state index is 6.35. The normalized spacial score (nSPS) is 12.7. The minimum atomic E-state index is 0.0294. The Morgan fingerprint density at radius 3 is 2.67 bits per heavy atom. The summed E-state index contributed by atoms with van der Waals surface area (Å²) in [7, 11) is 0. The summed E-state index contributed by atoms with van der Waals surface area (Å²) in [5, 5.41) is 2.07. The second-order valence-corrected chi connectivity index (χ2v) is 5.49. The Balaban J connectivity index is 2.11. The van der Waals surface area contributed by atoms with Crippen molar-refractivity contribution in [1.29, 1.82) is 0 Å². The molecular formula is C11H9BrClNS. The number of hydrogen-bond acceptors (Lipinski definition) is 2. The molecule has 2 rings (SSSR count). The molecule has 78 valence electrons. The lowest BCUT2D eigenvalue weighted by Gasteiger charge is -2.07. The Hall–Kier alpha value is -0.380. The first-order valence-electron chi connectivity index (χ1n) is 4.53. The number of nitrogens with zero attached hydrogens (tertiary/aromatic N) is 1. The Kier molecular flexibility index (Phi) is 3.78. The summed E-state index contributed by atoms with van der Waals surface area (Å²) >= 11 is 11.5. The molecule has 0 radical (unpaired) electrons. The first-order chi connectivity index (χ1) is 7.27. The third-order valence-corrected chi connectivity index (χ3v) is 4.58. The van der Waals surface area contributed by atoms with Gasteiger partial charge in [0, 0.05) is 21.7 Å². The smallest absolute Gasteiger partial charge is 0.0730 e. The van der Waals surface area contributed by atoms with Crippen molar-refractivity contribution in [2.75, 3.05) is 0 Å². The molecule has 0 amide bonds. The minimum absolute atomic E-state index is 0.0294. The fraction of sp³-hybridized carbons (Fsp3) is 0.182. The number of rotatable bonds is 3. The molecule has 2 aromatic rings. The van der Waals surface area contributed by atoms with Crippen LogP contribution in [0.4, 0.5) is 0 Å². The molecule has 0 N–H and O–H groups in total. The van der Waals surface area contributed by atoms with E-state index in [-0.39, 0.29) is 5.38 Å². The van der Waals surface area contributed by atoms with Gasteiger partial charge in [-0.05, 0) is 51.5 Å². The van der Waals surface area contributed by atoms with E-state index < -0.39 is 0 Å². The largest absolute Gasteiger partial charge is 0.265 e. The minimum Gasteiger partial charge on any atom is -0.265 e. The van der Waals surface area contributed by atoms with Gasteiger partial charge in [-0.1, -0.05) is 0 Å². The van der Waals surface area contributed by atoms with Crippen LogP contribution in [0.5, 0.6) is 0 Å². The zero-order valence-corrected chi connectivity index (χ0v) is 11.0. The SMILES string of the molecule is ClC(Cc1ccncc1)c1sccc1Br. The molecule has 0 fully saturated rings. The molecule has 0 bridgehead atoms. The predicted octanol–water partition coefficient (Wildman–Crippen LogP) is 4.43. The molecule has 15 heavy (non-hydrogen) atoms. The van der Waals surface area contributed by atoms with Crippen molar-refractivity contribution >= 4 is 38.9 Å². The van der Waals surface area contributed by atoms with Crippen molar-refractivity contribution in [3.05, 3.63) is 50.9 Å². The van der Waals surface area contributed by atoms with Crippen molar-refractivity contribution < 1.29 is 0 Å². The van der Waals surface area contributed by atoms with Gasteiger partial charge < -0.3 is 0 Å². The highest BCUT2D eigenvalue weighted by Crippen LogP contribution is 2.34. The van der Waals surface area contributed by atoms with E-state index in [0.717, 1.165) is 10.9 Å². The van der Waals surface area contributed by atoms with E-state index in [4.69, 9.17) is 11.6 Å². The summed E-state index contributed by atoms with van der Waals surface area (Å²) in [6.45, 7) is 0. The first kappa shape index (κ1) is 11.1. The molecule has 0 aliphatic rings. The lowest BCUT2D eigenvalue weighted by molar-refractivity contribution is 0.931. The zero-order valence-electron chi connectivity index (χ0n) is 7.86. The second-order valence-electron chi connectivity index (χ2n) is 3.16. The molecule has 2 aromatic heterocycles. The van der Waals surface area contributed by atoms with Gasteiger partial charge in [-0.25, -0.2) is 0 Å². The van der Waals surface area contributed by atoms with Crippen molar-refractivity contribution in [3.8, 4) is 0 Å². The van der Waals surface area contributed by atoms with Gasteiger partial charge in [0.15, 0.2) is 0 Å². The number of alkyl halides is 1. The van der Waals surface area contributed by atoms with Gasteiger partial charge in [0.25, 0.3) is 0 Å². The Morgan fingerprint density at radius 1 is 1.33 bits per heavy atom. The van der Waals surface area contributed by atoms with Crippen LogP contribution >= 0.6 is 38.9 Å². The van der Waals surface area contributed by atoms with E-state index >= 15 is 0 Å². The van der Waals surface area contributed by atoms with E-state index in [1.54, 1.807) is 23.7 Å². The van der Waals surface area contributed by atoms with Gasteiger partial charge in [0.1, 0.15) is 0 Å². The van der Waals surface area contributed by atoms with Gasteiger partial charge >= 0.3 is 0 Å². The van der Waals surface area contributed by atoms with Gasteiger partial charge in [0.05, 0.1) is 5.38 Å². The van der Waals surface area contributed by atoms with Gasteiger partial charge in [0.2, 0.25) is 0 Å². The van der Waals surface area contributed by atoms with E-state index in [1.165, 1.54) is 10.4 Å². The third-order valence-electron chi connectivity index (χ3n) is 2.09. The Labute approximate surface area is 106 Å². The third kappa shape index (κ3) is 2.80. The summed E-state index contributed by atoms with van der Waals surface area (Å²) in [4.78, 5) is 5.17. The van der Waals surface area contributed by atoms with E-state index in [2.05, 4.69) is 20.9 Å². The monoisotopic (exact) mass is 301 g/mol. The van der Waals surface area contributed by atoms with Crippen LogP contribution < -0.4 is 0 Å². The van der Waals surface area contributed by atoms with Crippen LogP contribution in [0.15, 0.2) is 40.4 Å². The molecule has 0 aliphatic heterocycles. The average molecular weight is 303 g/mol. The summed E-state index contributed by atoms with van der Waals surface area (Å²) in [6.07, 6.45) is 4.42. The molecule has 1 unspecified atom stereocenters. The van der Waals surface area contributed by atoms with Gasteiger partial charge in [-0.3, -0.25) is 4.98 Å². The van der Waals surface area contributed by atoms with Crippen molar-refractivity contribution in [1.82, 2.24) is 4.98 Å². The number of thiophene rings is 1. The summed E-state index contributed by atoms with van der Waals surface area (Å²) in [5.41, 5.74) is 1.21. The molecule has 0 spiro atoms. The highest BCUT2D eigenvalue weighted by molar-refractivity contribution is 9.10. The quantitative estimate of drug-likeness (QED) is 0.764. The Morgan fingerprint density at radius 2 is 2.07 bits per heavy atom. The number of hydrogen-bond donors (Lipinski definition) is 0. The standard InChI is InChI=1S/C11H9BrClNS/c12-9-3-6-15-11(9)10(13)7-8-1-4-14-5-2-8/h1-6,10H,7H2. The highest BCUT2D eigenvalue weighted by Gasteiger charge is 2.13. The molecule has 2 heterocycles. The topological polar surface area (TPSA) is 12.9 Å². The van der Waals surface area contributed by atoms with Crippen molar-refractivity contribution in [2.45, 2.75) is 11.8 Å². The predicted molar refractivity (Wildman–Crippen MR) is 68.6 cm³/mol. The van der Waals surface area contributed by atoms with Crippen LogP contribution in [0.1, 0.15) is 15.8 Å². The van der Waals surface area contributed by atoms with Crippen LogP contribution in [-0.2, 0) is 6.42 Å². The highest BCUT2D eigenvalue weighted by atomic mass is 79.9. The maximum Gasteiger partial charge on any atom is 0.0730 e. The lowest BCUT2D eigenvalue weighted by Crippen LogP contribution is -1.94. The molecule has 0 saturated carbocycles. The van der Waals surface area contributed by atoms with Crippen LogP contribution in [0.25, 0.3) is 0 Å². The van der Waals surface area contributed by atoms with Crippen molar-refractivity contribution in [3.63, 3.8) is 0 Å². The van der Waals surface area contributed by atoms with E-state index in [1.807, 2.05) is 23.6 Å². The molecule has 1 nitrogen and oxygen atoms in total. The van der Waals surface area contributed by atoms with E-state index in [9.17, 15) is 0 Å².